The van der Waals surface area contributed by atoms with Crippen molar-refractivity contribution in [3.63, 3.8) is 0 Å². The Hall–Kier alpha value is -2.16. The summed E-state index contributed by atoms with van der Waals surface area (Å²) in [5, 5.41) is 3.42. The molecule has 0 bridgehead atoms. The van der Waals surface area contributed by atoms with Gasteiger partial charge in [0.05, 0.1) is 6.61 Å². The number of nitrogens with one attached hydrogen (secondary N) is 1. The molecule has 0 atom stereocenters. The summed E-state index contributed by atoms with van der Waals surface area (Å²) in [5.41, 5.74) is 3.84. The third-order valence-corrected chi connectivity index (χ3v) is 4.78. The molecule has 0 aliphatic carbocycles. The van der Waals surface area contributed by atoms with E-state index in [1.54, 1.807) is 0 Å². The number of rotatable bonds is 8. The molecule has 0 saturated heterocycles. The lowest BCUT2D eigenvalue weighted by Crippen LogP contribution is -2.19. The van der Waals surface area contributed by atoms with Crippen LogP contribution in [0.4, 0.5) is 5.69 Å². The summed E-state index contributed by atoms with van der Waals surface area (Å²) < 4.78 is 11.9. The number of hydrogen-bond donors (Lipinski definition) is 1. The molecule has 0 aliphatic rings. The van der Waals surface area contributed by atoms with Crippen molar-refractivity contribution < 1.29 is 9.47 Å². The van der Waals surface area contributed by atoms with Crippen LogP contribution in [0.3, 0.4) is 0 Å². The van der Waals surface area contributed by atoms with Crippen LogP contribution in [-0.2, 0) is 10.8 Å². The first-order valence-electron chi connectivity index (χ1n) is 10.7. The van der Waals surface area contributed by atoms with Gasteiger partial charge >= 0.3 is 0 Å². The van der Waals surface area contributed by atoms with E-state index in [0.717, 1.165) is 30.3 Å². The highest BCUT2D eigenvalue weighted by atomic mass is 16.5. The van der Waals surface area contributed by atoms with Gasteiger partial charge in [-0.3, -0.25) is 0 Å². The van der Waals surface area contributed by atoms with Crippen molar-refractivity contribution in [2.24, 2.45) is 5.92 Å². The Morgan fingerprint density at radius 2 is 1.48 bits per heavy atom. The molecule has 2 aromatic carbocycles. The zero-order chi connectivity index (χ0) is 21.7. The predicted molar refractivity (Wildman–Crippen MR) is 125 cm³/mol. The Morgan fingerprint density at radius 1 is 0.828 bits per heavy atom. The smallest absolute Gasteiger partial charge is 0.123 e. The zero-order valence-electron chi connectivity index (χ0n) is 19.6. The summed E-state index contributed by atoms with van der Waals surface area (Å²) >= 11 is 0. The van der Waals surface area contributed by atoms with Crippen molar-refractivity contribution in [3.05, 3.63) is 53.6 Å². The summed E-state index contributed by atoms with van der Waals surface area (Å²) in [6, 6.07) is 14.7. The van der Waals surface area contributed by atoms with Crippen molar-refractivity contribution in [2.75, 3.05) is 25.1 Å². The fourth-order valence-electron chi connectivity index (χ4n) is 3.00. The van der Waals surface area contributed by atoms with Crippen LogP contribution >= 0.6 is 0 Å². The number of anilines is 1. The van der Waals surface area contributed by atoms with Gasteiger partial charge in [0, 0.05) is 12.2 Å². The lowest BCUT2D eigenvalue weighted by molar-refractivity contribution is 0.271. The van der Waals surface area contributed by atoms with Crippen molar-refractivity contribution >= 4 is 5.69 Å². The summed E-state index contributed by atoms with van der Waals surface area (Å²) in [4.78, 5) is 0. The van der Waals surface area contributed by atoms with Crippen LogP contribution in [0, 0.1) is 5.92 Å². The van der Waals surface area contributed by atoms with E-state index < -0.39 is 0 Å². The topological polar surface area (TPSA) is 30.5 Å². The van der Waals surface area contributed by atoms with E-state index >= 15 is 0 Å². The lowest BCUT2D eigenvalue weighted by Gasteiger charge is -2.27. The maximum Gasteiger partial charge on any atom is 0.123 e. The van der Waals surface area contributed by atoms with Gasteiger partial charge in [-0.05, 0) is 58.2 Å². The van der Waals surface area contributed by atoms with Gasteiger partial charge in [-0.15, -0.1) is 0 Å². The van der Waals surface area contributed by atoms with Crippen LogP contribution in [0.1, 0.15) is 66.5 Å². The van der Waals surface area contributed by atoms with Gasteiger partial charge in [0.1, 0.15) is 18.1 Å². The average molecular weight is 398 g/mol. The van der Waals surface area contributed by atoms with Crippen molar-refractivity contribution in [2.45, 2.75) is 66.2 Å². The molecule has 160 valence electrons. The van der Waals surface area contributed by atoms with E-state index in [2.05, 4.69) is 78.9 Å². The highest BCUT2D eigenvalue weighted by Crippen LogP contribution is 2.35. The van der Waals surface area contributed by atoms with E-state index in [1.165, 1.54) is 11.1 Å². The van der Waals surface area contributed by atoms with Crippen LogP contribution in [0.15, 0.2) is 42.5 Å². The van der Waals surface area contributed by atoms with Crippen LogP contribution in [-0.4, -0.2) is 19.8 Å². The minimum Gasteiger partial charge on any atom is -0.493 e. The predicted octanol–water partition coefficient (Wildman–Crippen LogP) is 6.81. The monoisotopic (exact) mass is 397 g/mol. The molecule has 0 amide bonds. The SMILES string of the molecule is CC(C)COc1ccc(NCCOc2ccc(C(C)(C)C)cc2C(C)(C)C)cc1. The van der Waals surface area contributed by atoms with Gasteiger partial charge in [-0.25, -0.2) is 0 Å². The molecule has 2 rings (SSSR count). The normalized spacial score (nSPS) is 12.2. The molecule has 29 heavy (non-hydrogen) atoms. The number of benzene rings is 2. The van der Waals surface area contributed by atoms with Gasteiger partial charge in [-0.1, -0.05) is 67.5 Å². The molecule has 0 spiro atoms. The Morgan fingerprint density at radius 3 is 2.03 bits per heavy atom. The van der Waals surface area contributed by atoms with Crippen molar-refractivity contribution in [1.82, 2.24) is 0 Å². The van der Waals surface area contributed by atoms with E-state index in [1.807, 2.05) is 24.3 Å². The van der Waals surface area contributed by atoms with Crippen molar-refractivity contribution in [1.29, 1.82) is 0 Å². The second-order valence-corrected chi connectivity index (χ2v) is 10.2. The molecule has 2 aromatic rings. The minimum absolute atomic E-state index is 0.0375. The molecular formula is C26H39NO2. The molecule has 0 aromatic heterocycles. The number of hydrogen-bond acceptors (Lipinski definition) is 3. The van der Waals surface area contributed by atoms with Crippen molar-refractivity contribution in [3.8, 4) is 11.5 Å². The maximum absolute atomic E-state index is 6.15. The summed E-state index contributed by atoms with van der Waals surface area (Å²) in [7, 11) is 0. The second-order valence-electron chi connectivity index (χ2n) is 10.2. The lowest BCUT2D eigenvalue weighted by atomic mass is 9.80. The van der Waals surface area contributed by atoms with Crippen LogP contribution in [0.5, 0.6) is 11.5 Å². The van der Waals surface area contributed by atoms with Gasteiger partial charge in [-0.2, -0.15) is 0 Å². The quantitative estimate of drug-likeness (QED) is 0.496. The van der Waals surface area contributed by atoms with Gasteiger partial charge < -0.3 is 14.8 Å². The molecule has 1 N–H and O–H groups in total. The van der Waals surface area contributed by atoms with Crippen LogP contribution < -0.4 is 14.8 Å². The first-order chi connectivity index (χ1) is 13.5. The first-order valence-corrected chi connectivity index (χ1v) is 10.7. The fraction of sp³-hybridized carbons (Fsp3) is 0.538. The highest BCUT2D eigenvalue weighted by molar-refractivity contribution is 5.46. The molecule has 0 heterocycles. The molecule has 3 nitrogen and oxygen atoms in total. The molecule has 0 aliphatic heterocycles. The van der Waals surface area contributed by atoms with E-state index in [4.69, 9.17) is 9.47 Å². The molecule has 0 unspecified atom stereocenters. The summed E-state index contributed by atoms with van der Waals surface area (Å²) in [5.74, 6) is 2.42. The third kappa shape index (κ3) is 7.30. The summed E-state index contributed by atoms with van der Waals surface area (Å²) in [6.45, 7) is 19.9. The average Bonchev–Trinajstić information content (AvgIpc) is 2.63. The van der Waals surface area contributed by atoms with Gasteiger partial charge in [0.2, 0.25) is 0 Å². The van der Waals surface area contributed by atoms with E-state index in [9.17, 15) is 0 Å². The molecule has 0 saturated carbocycles. The fourth-order valence-corrected chi connectivity index (χ4v) is 3.00. The molecule has 0 radical (unpaired) electrons. The molecule has 3 heteroatoms. The van der Waals surface area contributed by atoms with Crippen LogP contribution in [0.2, 0.25) is 0 Å². The van der Waals surface area contributed by atoms with Crippen LogP contribution in [0.25, 0.3) is 0 Å². The Balaban J connectivity index is 1.93. The zero-order valence-corrected chi connectivity index (χ0v) is 19.6. The Kier molecular flexibility index (Phi) is 7.62. The largest absolute Gasteiger partial charge is 0.493 e. The maximum atomic E-state index is 6.15. The van der Waals surface area contributed by atoms with E-state index in [0.29, 0.717) is 12.5 Å². The second kappa shape index (κ2) is 9.56. The standard InChI is InChI=1S/C26H39NO2/c1-19(2)18-29-22-12-10-21(11-13-22)27-15-16-28-24-14-9-20(25(3,4)5)17-23(24)26(6,7)8/h9-14,17,19,27H,15-16,18H2,1-8H3. The van der Waals surface area contributed by atoms with E-state index in [-0.39, 0.29) is 10.8 Å². The number of ether oxygens (including phenoxy) is 2. The Bertz CT molecular complexity index is 765. The summed E-state index contributed by atoms with van der Waals surface area (Å²) in [6.07, 6.45) is 0. The molecule has 0 fully saturated rings. The van der Waals surface area contributed by atoms with Gasteiger partial charge in [0.25, 0.3) is 0 Å². The Labute approximate surface area is 177 Å². The van der Waals surface area contributed by atoms with Gasteiger partial charge in [0.15, 0.2) is 0 Å². The molecular weight excluding hydrogens is 358 g/mol. The third-order valence-electron chi connectivity index (χ3n) is 4.78. The highest BCUT2D eigenvalue weighted by Gasteiger charge is 2.23. The minimum atomic E-state index is 0.0375. The first kappa shape index (κ1) is 23.1.